The molecule has 35 heavy (non-hydrogen) atoms. The van der Waals surface area contributed by atoms with Crippen molar-refractivity contribution in [1.82, 2.24) is 10.2 Å². The molecule has 1 saturated heterocycles. The van der Waals surface area contributed by atoms with Crippen molar-refractivity contribution < 1.29 is 37.3 Å². The zero-order chi connectivity index (χ0) is 25.5. The van der Waals surface area contributed by atoms with Gasteiger partial charge < -0.3 is 24.8 Å². The third kappa shape index (κ3) is 7.75. The number of carbonyl (C=O) groups excluding carboxylic acids is 2. The molecule has 1 aliphatic carbocycles. The standard InChI is InChI=1S/C25H35F3N2O5/c1-2-3-16-34-23(32)29-19-10-14-30(15-11-19)22(31)21(24(33)12-5-4-6-13-24)18-8-7-9-20(17-18)35-25(26,27)28/h7-9,17,19,21,33H,2-6,10-16H2,1H3,(H,29,32)/t21-/m0/s1. The lowest BCUT2D eigenvalue weighted by molar-refractivity contribution is -0.274. The van der Waals surface area contributed by atoms with Gasteiger partial charge in [-0.15, -0.1) is 13.2 Å². The summed E-state index contributed by atoms with van der Waals surface area (Å²) in [5.41, 5.74) is -1.04. The number of amides is 2. The van der Waals surface area contributed by atoms with Gasteiger partial charge in [0.1, 0.15) is 5.75 Å². The van der Waals surface area contributed by atoms with Gasteiger partial charge in [-0.3, -0.25) is 4.79 Å². The second kappa shape index (κ2) is 12.0. The predicted molar refractivity (Wildman–Crippen MR) is 123 cm³/mol. The van der Waals surface area contributed by atoms with Crippen LogP contribution in [-0.2, 0) is 9.53 Å². The maximum absolute atomic E-state index is 13.7. The number of benzene rings is 1. The molecular weight excluding hydrogens is 465 g/mol. The Morgan fingerprint density at radius 1 is 1.20 bits per heavy atom. The first-order valence-corrected chi connectivity index (χ1v) is 12.4. The molecule has 1 aromatic rings. The number of unbranched alkanes of at least 4 members (excludes halogenated alkanes) is 1. The largest absolute Gasteiger partial charge is 0.573 e. The molecule has 0 spiro atoms. The number of nitrogens with zero attached hydrogens (tertiary/aromatic N) is 1. The monoisotopic (exact) mass is 500 g/mol. The lowest BCUT2D eigenvalue weighted by Crippen LogP contribution is -2.52. The third-order valence-electron chi connectivity index (χ3n) is 6.79. The summed E-state index contributed by atoms with van der Waals surface area (Å²) in [6, 6.07) is 5.22. The number of alkyl halides is 3. The van der Waals surface area contributed by atoms with Crippen molar-refractivity contribution in [2.75, 3.05) is 19.7 Å². The first kappa shape index (κ1) is 27.1. The van der Waals surface area contributed by atoms with Crippen molar-refractivity contribution >= 4 is 12.0 Å². The fourth-order valence-corrected chi connectivity index (χ4v) is 4.97. The number of likely N-dealkylation sites (tertiary alicyclic amines) is 1. The molecule has 2 N–H and O–H groups in total. The first-order chi connectivity index (χ1) is 16.6. The number of hydrogen-bond donors (Lipinski definition) is 2. The molecule has 0 bridgehead atoms. The Kier molecular flexibility index (Phi) is 9.27. The van der Waals surface area contributed by atoms with Gasteiger partial charge in [-0.05, 0) is 49.8 Å². The summed E-state index contributed by atoms with van der Waals surface area (Å²) in [5.74, 6) is -1.73. The second-order valence-electron chi connectivity index (χ2n) is 9.45. The highest BCUT2D eigenvalue weighted by molar-refractivity contribution is 5.85. The normalized spacial score (nSPS) is 19.6. The van der Waals surface area contributed by atoms with Crippen LogP contribution in [0.2, 0.25) is 0 Å². The Labute approximate surface area is 204 Å². The van der Waals surface area contributed by atoms with E-state index < -0.39 is 29.7 Å². The Hall–Kier alpha value is -2.49. The van der Waals surface area contributed by atoms with E-state index in [-0.39, 0.29) is 11.9 Å². The molecule has 1 saturated carbocycles. The van der Waals surface area contributed by atoms with Crippen LogP contribution in [-0.4, -0.2) is 59.7 Å². The van der Waals surface area contributed by atoms with Crippen molar-refractivity contribution in [2.45, 2.75) is 88.6 Å². The zero-order valence-electron chi connectivity index (χ0n) is 20.1. The molecule has 2 aliphatic rings. The summed E-state index contributed by atoms with van der Waals surface area (Å²) < 4.78 is 47.5. The highest BCUT2D eigenvalue weighted by Gasteiger charge is 2.45. The molecule has 7 nitrogen and oxygen atoms in total. The topological polar surface area (TPSA) is 88.1 Å². The minimum atomic E-state index is -4.85. The van der Waals surface area contributed by atoms with Crippen molar-refractivity contribution in [1.29, 1.82) is 0 Å². The summed E-state index contributed by atoms with van der Waals surface area (Å²) in [5, 5.41) is 14.3. The van der Waals surface area contributed by atoms with Crippen molar-refractivity contribution in [2.24, 2.45) is 0 Å². The van der Waals surface area contributed by atoms with Gasteiger partial charge in [0.05, 0.1) is 18.1 Å². The van der Waals surface area contributed by atoms with E-state index in [0.29, 0.717) is 50.9 Å². The minimum Gasteiger partial charge on any atom is -0.450 e. The van der Waals surface area contributed by atoms with Crippen LogP contribution in [0.3, 0.4) is 0 Å². The van der Waals surface area contributed by atoms with E-state index in [2.05, 4.69) is 10.1 Å². The molecule has 1 aromatic carbocycles. The molecule has 2 fully saturated rings. The molecule has 1 aliphatic heterocycles. The van der Waals surface area contributed by atoms with Crippen molar-refractivity contribution in [3.05, 3.63) is 29.8 Å². The van der Waals surface area contributed by atoms with E-state index in [9.17, 15) is 27.9 Å². The Balaban J connectivity index is 1.72. The van der Waals surface area contributed by atoms with Crippen LogP contribution in [0, 0.1) is 0 Å². The van der Waals surface area contributed by atoms with E-state index in [4.69, 9.17) is 4.74 Å². The van der Waals surface area contributed by atoms with Gasteiger partial charge in [-0.1, -0.05) is 44.7 Å². The van der Waals surface area contributed by atoms with Gasteiger partial charge >= 0.3 is 12.5 Å². The number of halogens is 3. The third-order valence-corrected chi connectivity index (χ3v) is 6.79. The lowest BCUT2D eigenvalue weighted by atomic mass is 9.72. The maximum atomic E-state index is 13.7. The fourth-order valence-electron chi connectivity index (χ4n) is 4.97. The van der Waals surface area contributed by atoms with Crippen LogP contribution in [0.5, 0.6) is 5.75 Å². The van der Waals surface area contributed by atoms with Crippen LogP contribution in [0.25, 0.3) is 0 Å². The molecule has 0 unspecified atom stereocenters. The molecule has 0 radical (unpaired) electrons. The minimum absolute atomic E-state index is 0.132. The highest BCUT2D eigenvalue weighted by Crippen LogP contribution is 2.42. The quantitative estimate of drug-likeness (QED) is 0.497. The summed E-state index contributed by atoms with van der Waals surface area (Å²) in [6.45, 7) is 3.09. The molecule has 196 valence electrons. The molecule has 1 atom stereocenters. The molecule has 2 amide bonds. The lowest BCUT2D eigenvalue weighted by Gasteiger charge is -2.42. The smallest absolute Gasteiger partial charge is 0.450 e. The van der Waals surface area contributed by atoms with Crippen LogP contribution >= 0.6 is 0 Å². The SMILES string of the molecule is CCCCOC(=O)NC1CCN(C(=O)[C@H](c2cccc(OC(F)(F)F)c2)C2(O)CCCCC2)CC1. The molecule has 10 heteroatoms. The summed E-state index contributed by atoms with van der Waals surface area (Å²) in [7, 11) is 0. The number of nitrogens with one attached hydrogen (secondary N) is 1. The molecular formula is C25H35F3N2O5. The average Bonchev–Trinajstić information content (AvgIpc) is 2.79. The number of alkyl carbamates (subject to hydrolysis) is 1. The van der Waals surface area contributed by atoms with Crippen LogP contribution < -0.4 is 10.1 Å². The number of ether oxygens (including phenoxy) is 2. The van der Waals surface area contributed by atoms with E-state index in [1.807, 2.05) is 6.92 Å². The number of rotatable bonds is 8. The van der Waals surface area contributed by atoms with Gasteiger partial charge in [-0.2, -0.15) is 0 Å². The van der Waals surface area contributed by atoms with Crippen LogP contribution in [0.15, 0.2) is 24.3 Å². The fraction of sp³-hybridized carbons (Fsp3) is 0.680. The van der Waals surface area contributed by atoms with E-state index in [1.54, 1.807) is 11.0 Å². The van der Waals surface area contributed by atoms with Gasteiger partial charge in [0.15, 0.2) is 0 Å². The van der Waals surface area contributed by atoms with E-state index in [1.165, 1.54) is 18.2 Å². The van der Waals surface area contributed by atoms with E-state index >= 15 is 0 Å². The molecule has 3 rings (SSSR count). The summed E-state index contributed by atoms with van der Waals surface area (Å²) in [6.07, 6.45) is 0.652. The van der Waals surface area contributed by atoms with Gasteiger partial charge in [0.25, 0.3) is 0 Å². The number of piperidine rings is 1. The summed E-state index contributed by atoms with van der Waals surface area (Å²) in [4.78, 5) is 27.3. The van der Waals surface area contributed by atoms with Gasteiger partial charge in [0.2, 0.25) is 5.91 Å². The molecule has 0 aromatic heterocycles. The molecule has 1 heterocycles. The Morgan fingerprint density at radius 3 is 2.51 bits per heavy atom. The number of carbonyl (C=O) groups is 2. The van der Waals surface area contributed by atoms with Crippen molar-refractivity contribution in [3.63, 3.8) is 0 Å². The Morgan fingerprint density at radius 2 is 1.89 bits per heavy atom. The van der Waals surface area contributed by atoms with Gasteiger partial charge in [-0.25, -0.2) is 4.79 Å². The predicted octanol–water partition coefficient (Wildman–Crippen LogP) is 4.88. The first-order valence-electron chi connectivity index (χ1n) is 12.4. The number of hydrogen-bond acceptors (Lipinski definition) is 5. The zero-order valence-corrected chi connectivity index (χ0v) is 20.1. The maximum Gasteiger partial charge on any atom is 0.573 e. The average molecular weight is 501 g/mol. The second-order valence-corrected chi connectivity index (χ2v) is 9.45. The highest BCUT2D eigenvalue weighted by atomic mass is 19.4. The van der Waals surface area contributed by atoms with Crippen LogP contribution in [0.4, 0.5) is 18.0 Å². The Bertz CT molecular complexity index is 850. The summed E-state index contributed by atoms with van der Waals surface area (Å²) >= 11 is 0. The van der Waals surface area contributed by atoms with Crippen LogP contribution in [0.1, 0.15) is 76.2 Å². The number of aliphatic hydroxyl groups is 1. The van der Waals surface area contributed by atoms with E-state index in [0.717, 1.165) is 32.1 Å². The van der Waals surface area contributed by atoms with Gasteiger partial charge in [0, 0.05) is 19.1 Å². The van der Waals surface area contributed by atoms with Crippen molar-refractivity contribution in [3.8, 4) is 5.75 Å².